The van der Waals surface area contributed by atoms with Crippen LogP contribution < -0.4 is 16.0 Å². The summed E-state index contributed by atoms with van der Waals surface area (Å²) in [5.41, 5.74) is 5.09. The zero-order valence-electron chi connectivity index (χ0n) is 23.3. The molecule has 0 radical (unpaired) electrons. The van der Waals surface area contributed by atoms with Crippen LogP contribution in [0, 0.1) is 18.3 Å². The largest absolute Gasteiger partial charge is 0.460 e. The van der Waals surface area contributed by atoms with Gasteiger partial charge in [-0.1, -0.05) is 53.6 Å². The molecule has 4 aromatic rings. The van der Waals surface area contributed by atoms with Crippen LogP contribution in [0.5, 0.6) is 0 Å². The topological polar surface area (TPSA) is 110 Å². The monoisotopic (exact) mass is 570 g/mol. The number of benzene rings is 3. The number of aliphatic hydroxyl groups is 1. The fourth-order valence-electron chi connectivity index (χ4n) is 4.50. The van der Waals surface area contributed by atoms with Gasteiger partial charge in [0, 0.05) is 30.7 Å². The molecule has 0 fully saturated rings. The molecule has 0 saturated carbocycles. The Hall–Kier alpha value is -3.93. The molecule has 8 heteroatoms. The molecule has 1 unspecified atom stereocenters. The highest BCUT2D eigenvalue weighted by atomic mass is 35.5. The van der Waals surface area contributed by atoms with Crippen molar-refractivity contribution < 1.29 is 14.3 Å². The minimum Gasteiger partial charge on any atom is -0.460 e. The first-order valence-corrected chi connectivity index (χ1v) is 14.0. The van der Waals surface area contributed by atoms with Gasteiger partial charge in [-0.05, 0) is 73.9 Å². The molecule has 0 spiro atoms. The number of amides is 1. The van der Waals surface area contributed by atoms with Crippen molar-refractivity contribution >= 4 is 17.5 Å². The molecule has 2 atom stereocenters. The third kappa shape index (κ3) is 8.53. The molecule has 1 aromatic heterocycles. The van der Waals surface area contributed by atoms with Crippen molar-refractivity contribution in [3.05, 3.63) is 117 Å². The average molecular weight is 571 g/mol. The lowest BCUT2D eigenvalue weighted by Crippen LogP contribution is -2.44. The van der Waals surface area contributed by atoms with E-state index in [1.165, 1.54) is 11.1 Å². The Balaban J connectivity index is 1.43. The molecule has 1 amide bonds. The number of rotatable bonds is 13. The van der Waals surface area contributed by atoms with Crippen molar-refractivity contribution in [2.75, 3.05) is 19.7 Å². The first-order chi connectivity index (χ1) is 19.9. The van der Waals surface area contributed by atoms with Crippen LogP contribution in [0.25, 0.3) is 11.3 Å². The van der Waals surface area contributed by atoms with Crippen molar-refractivity contribution in [2.24, 2.45) is 0 Å². The molecule has 4 N–H and O–H groups in total. The predicted molar refractivity (Wildman–Crippen MR) is 162 cm³/mol. The second-order valence-corrected chi connectivity index (χ2v) is 10.5. The zero-order chi connectivity index (χ0) is 29.2. The summed E-state index contributed by atoms with van der Waals surface area (Å²) in [6.07, 6.45) is 0.544. The van der Waals surface area contributed by atoms with Gasteiger partial charge in [0.15, 0.2) is 0 Å². The number of carbonyl (C=O) groups is 1. The smallest absolute Gasteiger partial charge is 0.253 e. The molecule has 4 rings (SSSR count). The van der Waals surface area contributed by atoms with E-state index in [2.05, 4.69) is 60.1 Å². The van der Waals surface area contributed by atoms with Gasteiger partial charge in [-0.3, -0.25) is 4.79 Å². The number of hydrogen-bond acceptors (Lipinski definition) is 6. The Morgan fingerprint density at radius 1 is 1.05 bits per heavy atom. The van der Waals surface area contributed by atoms with Crippen LogP contribution in [0.3, 0.4) is 0 Å². The van der Waals surface area contributed by atoms with Crippen LogP contribution in [-0.4, -0.2) is 36.8 Å². The van der Waals surface area contributed by atoms with E-state index in [0.717, 1.165) is 16.9 Å². The molecule has 0 saturated heterocycles. The highest BCUT2D eigenvalue weighted by molar-refractivity contribution is 6.34. The number of furan rings is 1. The normalized spacial score (nSPS) is 12.5. The molecule has 7 nitrogen and oxygen atoms in total. The molecule has 0 aliphatic carbocycles. The van der Waals surface area contributed by atoms with Gasteiger partial charge >= 0.3 is 0 Å². The van der Waals surface area contributed by atoms with Gasteiger partial charge in [-0.15, -0.1) is 0 Å². The maximum atomic E-state index is 13.4. The fraction of sp³-hybridized carbons (Fsp3) is 0.273. The number of hydrogen-bond donors (Lipinski definition) is 4. The second-order valence-electron chi connectivity index (χ2n) is 10.1. The summed E-state index contributed by atoms with van der Waals surface area (Å²) in [6.45, 7) is 5.62. The number of halogens is 1. The van der Waals surface area contributed by atoms with E-state index in [4.69, 9.17) is 21.3 Å². The molecule has 41 heavy (non-hydrogen) atoms. The van der Waals surface area contributed by atoms with Gasteiger partial charge in [0.2, 0.25) is 0 Å². The summed E-state index contributed by atoms with van der Waals surface area (Å²) < 4.78 is 6.10. The van der Waals surface area contributed by atoms with E-state index >= 15 is 0 Å². The molecular weight excluding hydrogens is 536 g/mol. The molecule has 0 aliphatic rings. The molecule has 212 valence electrons. The molecule has 1 heterocycles. The van der Waals surface area contributed by atoms with Crippen molar-refractivity contribution in [1.29, 1.82) is 5.26 Å². The van der Waals surface area contributed by atoms with E-state index in [0.29, 0.717) is 48.0 Å². The third-order valence-electron chi connectivity index (χ3n) is 6.90. The summed E-state index contributed by atoms with van der Waals surface area (Å²) in [5, 5.41) is 28.3. The second kappa shape index (κ2) is 14.6. The third-order valence-corrected chi connectivity index (χ3v) is 7.23. The summed E-state index contributed by atoms with van der Waals surface area (Å²) in [5.74, 6) is 1.13. The number of nitrogens with zero attached hydrogens (tertiary/aromatic N) is 1. The number of carbonyl (C=O) groups excluding carboxylic acids is 1. The standard InChI is InChI=1S/C33H35ClN4O3/c1-22-3-9-26(10-4-22)23(2)37-21-29-12-14-32(41-29)27-11-13-31(34)30(18-27)33(40)38-28(20-36-15-16-39)17-24-5-7-25(19-35)8-6-24/h3-14,18,23,28,36-37,39H,15-17,20-21H2,1-2H3,(H,38,40)/t23?,28-/m1/s1. The van der Waals surface area contributed by atoms with E-state index in [1.807, 2.05) is 30.3 Å². The van der Waals surface area contributed by atoms with Crippen LogP contribution in [0.1, 0.15) is 51.3 Å². The highest BCUT2D eigenvalue weighted by Crippen LogP contribution is 2.27. The van der Waals surface area contributed by atoms with Gasteiger partial charge in [0.05, 0.1) is 35.4 Å². The van der Waals surface area contributed by atoms with E-state index in [9.17, 15) is 9.90 Å². The Morgan fingerprint density at radius 3 is 2.51 bits per heavy atom. The lowest BCUT2D eigenvalue weighted by molar-refractivity contribution is 0.0936. The summed E-state index contributed by atoms with van der Waals surface area (Å²) in [4.78, 5) is 13.4. The van der Waals surface area contributed by atoms with E-state index in [-0.39, 0.29) is 24.6 Å². The SMILES string of the molecule is Cc1ccc(C(C)NCc2ccc(-c3ccc(Cl)c(C(=O)N[C@@H](CNCCO)Cc4ccc(C#N)cc4)c3)o2)cc1. The maximum Gasteiger partial charge on any atom is 0.253 e. The summed E-state index contributed by atoms with van der Waals surface area (Å²) in [6, 6.07) is 26.8. The maximum absolute atomic E-state index is 13.4. The Morgan fingerprint density at radius 2 is 1.80 bits per heavy atom. The van der Waals surface area contributed by atoms with Crippen molar-refractivity contribution in [3.63, 3.8) is 0 Å². The molecule has 0 aliphatic heterocycles. The molecule has 0 bridgehead atoms. The Labute approximate surface area is 246 Å². The Kier molecular flexibility index (Phi) is 10.7. The predicted octanol–water partition coefficient (Wildman–Crippen LogP) is 5.55. The number of aryl methyl sites for hydroxylation is 1. The minimum absolute atomic E-state index is 0.00305. The first kappa shape index (κ1) is 30.0. The minimum atomic E-state index is -0.304. The van der Waals surface area contributed by atoms with Crippen LogP contribution in [-0.2, 0) is 13.0 Å². The van der Waals surface area contributed by atoms with Gasteiger partial charge in [0.1, 0.15) is 11.5 Å². The van der Waals surface area contributed by atoms with E-state index in [1.54, 1.807) is 24.3 Å². The van der Waals surface area contributed by atoms with Gasteiger partial charge in [-0.2, -0.15) is 5.26 Å². The molecular formula is C33H35ClN4O3. The van der Waals surface area contributed by atoms with E-state index < -0.39 is 0 Å². The van der Waals surface area contributed by atoms with Gasteiger partial charge in [-0.25, -0.2) is 0 Å². The van der Waals surface area contributed by atoms with Crippen LogP contribution >= 0.6 is 11.6 Å². The average Bonchev–Trinajstić information content (AvgIpc) is 3.46. The molecule has 3 aromatic carbocycles. The van der Waals surface area contributed by atoms with Gasteiger partial charge in [0.25, 0.3) is 5.91 Å². The van der Waals surface area contributed by atoms with Crippen LogP contribution in [0.15, 0.2) is 83.3 Å². The van der Waals surface area contributed by atoms with Crippen molar-refractivity contribution in [1.82, 2.24) is 16.0 Å². The van der Waals surface area contributed by atoms with Gasteiger partial charge < -0.3 is 25.5 Å². The number of aliphatic hydroxyl groups excluding tert-OH is 1. The lowest BCUT2D eigenvalue weighted by atomic mass is 10.0. The summed E-state index contributed by atoms with van der Waals surface area (Å²) in [7, 11) is 0. The van der Waals surface area contributed by atoms with Crippen LogP contribution in [0.2, 0.25) is 5.02 Å². The quantitative estimate of drug-likeness (QED) is 0.157. The van der Waals surface area contributed by atoms with Crippen LogP contribution in [0.4, 0.5) is 0 Å². The lowest BCUT2D eigenvalue weighted by Gasteiger charge is -2.20. The van der Waals surface area contributed by atoms with Crippen molar-refractivity contribution in [2.45, 2.75) is 38.9 Å². The van der Waals surface area contributed by atoms with Crippen molar-refractivity contribution in [3.8, 4) is 17.4 Å². The Bertz CT molecular complexity index is 1480. The number of nitriles is 1. The fourth-order valence-corrected chi connectivity index (χ4v) is 4.70. The zero-order valence-corrected chi connectivity index (χ0v) is 24.0. The highest BCUT2D eigenvalue weighted by Gasteiger charge is 2.18. The summed E-state index contributed by atoms with van der Waals surface area (Å²) >= 11 is 6.46. The number of nitrogens with one attached hydrogen (secondary N) is 3. The first-order valence-electron chi connectivity index (χ1n) is 13.7.